The second-order valence-electron chi connectivity index (χ2n) is 4.96. The molecule has 0 bridgehead atoms. The summed E-state index contributed by atoms with van der Waals surface area (Å²) in [6, 6.07) is 3.91. The Morgan fingerprint density at radius 3 is 2.15 bits per heavy atom. The van der Waals surface area contributed by atoms with Gasteiger partial charge in [-0.3, -0.25) is 4.90 Å². The monoisotopic (exact) mass is 318 g/mol. The van der Waals surface area contributed by atoms with Gasteiger partial charge >= 0.3 is 0 Å². The summed E-state index contributed by atoms with van der Waals surface area (Å²) in [7, 11) is 0. The standard InChI is InChI=1S/C15H22N2O.2ClH/c1-4-14(17-7-5-16-6-8-17)15-11(2)9-13(18)10-12(15)3;;/h4,9-10,14,16,18H,1,5-8H2,2-3H3;2*1H/t14-;;/m0../s1. The smallest absolute Gasteiger partial charge is 0.116 e. The normalized spacial score (nSPS) is 16.7. The van der Waals surface area contributed by atoms with Gasteiger partial charge in [-0.25, -0.2) is 0 Å². The number of hydrogen-bond acceptors (Lipinski definition) is 3. The third-order valence-corrected chi connectivity index (χ3v) is 3.64. The molecule has 2 rings (SSSR count). The summed E-state index contributed by atoms with van der Waals surface area (Å²) in [4.78, 5) is 2.44. The molecule has 114 valence electrons. The summed E-state index contributed by atoms with van der Waals surface area (Å²) >= 11 is 0. The maximum atomic E-state index is 9.63. The Hall–Kier alpha value is -0.740. The molecule has 5 heteroatoms. The van der Waals surface area contributed by atoms with E-state index in [0.29, 0.717) is 5.75 Å². The van der Waals surface area contributed by atoms with E-state index in [1.165, 1.54) is 5.56 Å². The van der Waals surface area contributed by atoms with E-state index in [9.17, 15) is 5.11 Å². The van der Waals surface area contributed by atoms with Crippen LogP contribution in [-0.2, 0) is 0 Å². The predicted molar refractivity (Wildman–Crippen MR) is 89.5 cm³/mol. The first-order chi connectivity index (χ1) is 8.63. The highest BCUT2D eigenvalue weighted by Crippen LogP contribution is 2.30. The average Bonchev–Trinajstić information content (AvgIpc) is 2.34. The average molecular weight is 319 g/mol. The molecule has 1 aromatic carbocycles. The van der Waals surface area contributed by atoms with Crippen LogP contribution in [0.5, 0.6) is 5.75 Å². The second kappa shape index (κ2) is 8.53. The number of benzene rings is 1. The van der Waals surface area contributed by atoms with Gasteiger partial charge in [0, 0.05) is 26.2 Å². The van der Waals surface area contributed by atoms with Crippen LogP contribution in [0.15, 0.2) is 24.8 Å². The topological polar surface area (TPSA) is 35.5 Å². The summed E-state index contributed by atoms with van der Waals surface area (Å²) < 4.78 is 0. The number of hydrogen-bond donors (Lipinski definition) is 2. The van der Waals surface area contributed by atoms with Crippen LogP contribution in [-0.4, -0.2) is 36.2 Å². The SMILES string of the molecule is C=C[C@@H](c1c(C)cc(O)cc1C)N1CCNCC1.Cl.Cl. The van der Waals surface area contributed by atoms with E-state index < -0.39 is 0 Å². The van der Waals surface area contributed by atoms with E-state index in [1.54, 1.807) is 0 Å². The van der Waals surface area contributed by atoms with Crippen LogP contribution in [0.4, 0.5) is 0 Å². The molecule has 1 atom stereocenters. The Morgan fingerprint density at radius 2 is 1.70 bits per heavy atom. The summed E-state index contributed by atoms with van der Waals surface area (Å²) in [5.74, 6) is 0.344. The zero-order valence-electron chi connectivity index (χ0n) is 12.1. The van der Waals surface area contributed by atoms with Crippen LogP contribution < -0.4 is 5.32 Å². The van der Waals surface area contributed by atoms with Crippen molar-refractivity contribution in [3.63, 3.8) is 0 Å². The van der Waals surface area contributed by atoms with Gasteiger partial charge in [0.2, 0.25) is 0 Å². The van der Waals surface area contributed by atoms with Crippen LogP contribution in [0.25, 0.3) is 0 Å². The van der Waals surface area contributed by atoms with Crippen molar-refractivity contribution < 1.29 is 5.11 Å². The van der Waals surface area contributed by atoms with Crippen LogP contribution in [0, 0.1) is 13.8 Å². The summed E-state index contributed by atoms with van der Waals surface area (Å²) in [6.45, 7) is 12.2. The lowest BCUT2D eigenvalue weighted by molar-refractivity contribution is 0.202. The molecular formula is C15H24Cl2N2O. The van der Waals surface area contributed by atoms with Crippen molar-refractivity contribution in [3.8, 4) is 5.75 Å². The van der Waals surface area contributed by atoms with Gasteiger partial charge in [0.15, 0.2) is 0 Å². The van der Waals surface area contributed by atoms with E-state index in [1.807, 2.05) is 18.2 Å². The molecule has 2 N–H and O–H groups in total. The van der Waals surface area contributed by atoms with Crippen molar-refractivity contribution >= 4 is 24.8 Å². The Labute approximate surface area is 133 Å². The molecule has 1 saturated heterocycles. The number of nitrogens with one attached hydrogen (secondary N) is 1. The Kier molecular flexibility index (Phi) is 8.21. The minimum atomic E-state index is 0. The number of phenols is 1. The molecule has 20 heavy (non-hydrogen) atoms. The highest BCUT2D eigenvalue weighted by molar-refractivity contribution is 5.85. The number of piperazine rings is 1. The number of aryl methyl sites for hydroxylation is 2. The first-order valence-corrected chi connectivity index (χ1v) is 6.51. The number of phenolic OH excluding ortho intramolecular Hbond substituents is 1. The van der Waals surface area contributed by atoms with Gasteiger partial charge in [-0.2, -0.15) is 0 Å². The molecule has 1 aliphatic rings. The van der Waals surface area contributed by atoms with Crippen molar-refractivity contribution in [2.24, 2.45) is 0 Å². The third kappa shape index (κ3) is 4.13. The largest absolute Gasteiger partial charge is 0.508 e. The van der Waals surface area contributed by atoms with E-state index in [0.717, 1.165) is 37.3 Å². The van der Waals surface area contributed by atoms with Gasteiger partial charge in [-0.1, -0.05) is 6.08 Å². The van der Waals surface area contributed by atoms with Crippen LogP contribution in [0.1, 0.15) is 22.7 Å². The summed E-state index contributed by atoms with van der Waals surface area (Å²) in [6.07, 6.45) is 2.01. The Morgan fingerprint density at radius 1 is 1.20 bits per heavy atom. The minimum Gasteiger partial charge on any atom is -0.508 e. The van der Waals surface area contributed by atoms with Gasteiger partial charge in [0.1, 0.15) is 5.75 Å². The van der Waals surface area contributed by atoms with E-state index in [-0.39, 0.29) is 30.9 Å². The van der Waals surface area contributed by atoms with E-state index in [2.05, 4.69) is 30.6 Å². The fourth-order valence-electron chi connectivity index (χ4n) is 2.83. The summed E-state index contributed by atoms with van der Waals surface area (Å²) in [5.41, 5.74) is 3.55. The van der Waals surface area contributed by atoms with Gasteiger partial charge in [-0.05, 0) is 42.7 Å². The summed E-state index contributed by atoms with van der Waals surface area (Å²) in [5, 5.41) is 13.0. The maximum absolute atomic E-state index is 9.63. The molecule has 1 aromatic rings. The molecule has 0 amide bonds. The minimum absolute atomic E-state index is 0. The van der Waals surface area contributed by atoms with Crippen molar-refractivity contribution in [1.82, 2.24) is 10.2 Å². The van der Waals surface area contributed by atoms with Crippen molar-refractivity contribution in [1.29, 1.82) is 0 Å². The van der Waals surface area contributed by atoms with Crippen molar-refractivity contribution in [2.45, 2.75) is 19.9 Å². The quantitative estimate of drug-likeness (QED) is 0.841. The zero-order chi connectivity index (χ0) is 13.1. The van der Waals surface area contributed by atoms with Crippen molar-refractivity contribution in [2.75, 3.05) is 26.2 Å². The first kappa shape index (κ1) is 19.3. The number of rotatable bonds is 3. The Balaban J connectivity index is 0.00000180. The molecule has 0 aliphatic carbocycles. The second-order valence-corrected chi connectivity index (χ2v) is 4.96. The maximum Gasteiger partial charge on any atom is 0.116 e. The van der Waals surface area contributed by atoms with Gasteiger partial charge in [-0.15, -0.1) is 31.4 Å². The molecule has 0 spiro atoms. The van der Waals surface area contributed by atoms with Crippen molar-refractivity contribution in [3.05, 3.63) is 41.5 Å². The lowest BCUT2D eigenvalue weighted by Gasteiger charge is -2.35. The van der Waals surface area contributed by atoms with Crippen LogP contribution in [0.2, 0.25) is 0 Å². The first-order valence-electron chi connectivity index (χ1n) is 6.51. The fraction of sp³-hybridized carbons (Fsp3) is 0.467. The molecule has 0 unspecified atom stereocenters. The number of halogens is 2. The van der Waals surface area contributed by atoms with Crippen LogP contribution in [0.3, 0.4) is 0 Å². The molecule has 1 aliphatic heterocycles. The highest BCUT2D eigenvalue weighted by atomic mass is 35.5. The lowest BCUT2D eigenvalue weighted by atomic mass is 9.94. The van der Waals surface area contributed by atoms with Gasteiger partial charge in [0.25, 0.3) is 0 Å². The molecule has 0 saturated carbocycles. The number of nitrogens with zero attached hydrogens (tertiary/aromatic N) is 1. The molecule has 1 fully saturated rings. The predicted octanol–water partition coefficient (Wildman–Crippen LogP) is 2.98. The van der Waals surface area contributed by atoms with Gasteiger partial charge < -0.3 is 10.4 Å². The Bertz CT molecular complexity index is 422. The molecule has 1 heterocycles. The van der Waals surface area contributed by atoms with Crippen LogP contribution >= 0.6 is 24.8 Å². The third-order valence-electron chi connectivity index (χ3n) is 3.64. The van der Waals surface area contributed by atoms with E-state index in [4.69, 9.17) is 0 Å². The highest BCUT2D eigenvalue weighted by Gasteiger charge is 2.22. The number of aromatic hydroxyl groups is 1. The lowest BCUT2D eigenvalue weighted by Crippen LogP contribution is -2.44. The fourth-order valence-corrected chi connectivity index (χ4v) is 2.83. The molecule has 3 nitrogen and oxygen atoms in total. The molecular weight excluding hydrogens is 295 g/mol. The zero-order valence-corrected chi connectivity index (χ0v) is 13.7. The molecule has 0 radical (unpaired) electrons. The van der Waals surface area contributed by atoms with E-state index >= 15 is 0 Å². The molecule has 0 aromatic heterocycles. The van der Waals surface area contributed by atoms with Gasteiger partial charge in [0.05, 0.1) is 6.04 Å².